The van der Waals surface area contributed by atoms with Crippen LogP contribution in [0.4, 0.5) is 0 Å². The smallest absolute Gasteiger partial charge is 0.309 e. The van der Waals surface area contributed by atoms with Crippen molar-refractivity contribution in [1.82, 2.24) is 0 Å². The van der Waals surface area contributed by atoms with Gasteiger partial charge in [-0.3, -0.25) is 0 Å². The Morgan fingerprint density at radius 1 is 0.617 bits per heavy atom. The van der Waals surface area contributed by atoms with Gasteiger partial charge in [-0.1, -0.05) is 126 Å². The molecule has 2 aromatic carbocycles. The molecule has 262 valence electrons. The van der Waals surface area contributed by atoms with Gasteiger partial charge >= 0.3 is 15.0 Å². The van der Waals surface area contributed by atoms with Gasteiger partial charge in [0.25, 0.3) is 0 Å². The van der Waals surface area contributed by atoms with E-state index in [9.17, 15) is 10.2 Å². The van der Waals surface area contributed by atoms with E-state index >= 15 is 0 Å². The monoisotopic (exact) mass is 647 g/mol. The van der Waals surface area contributed by atoms with Crippen LogP contribution in [0.2, 0.25) is 0 Å². The van der Waals surface area contributed by atoms with Crippen molar-refractivity contribution < 1.29 is 19.5 Å². The molecule has 4 nitrogen and oxygen atoms in total. The molecule has 2 N–H and O–H groups in total. The van der Waals surface area contributed by atoms with E-state index in [1.807, 2.05) is 55.4 Å². The lowest BCUT2D eigenvalue weighted by Crippen LogP contribution is -2.49. The zero-order valence-electron chi connectivity index (χ0n) is 32.3. The third kappa shape index (κ3) is 9.35. The lowest BCUT2D eigenvalue weighted by atomic mass is 9.64. The summed E-state index contributed by atoms with van der Waals surface area (Å²) < 4.78 is 12.8. The summed E-state index contributed by atoms with van der Waals surface area (Å²) in [6.45, 7) is 24.6. The lowest BCUT2D eigenvalue weighted by Gasteiger charge is -2.39. The molecule has 0 bridgehead atoms. The lowest BCUT2D eigenvalue weighted by molar-refractivity contribution is -0.0893. The molecule has 0 radical (unpaired) electrons. The molecule has 0 amide bonds. The van der Waals surface area contributed by atoms with Crippen molar-refractivity contribution >= 4 is 25.9 Å². The number of aliphatic hydroxyl groups is 2. The number of benzene rings is 2. The van der Waals surface area contributed by atoms with Gasteiger partial charge in [0.15, 0.2) is 0 Å². The summed E-state index contributed by atoms with van der Waals surface area (Å²) in [6, 6.07) is 14.0. The van der Waals surface area contributed by atoms with Crippen LogP contribution in [-0.4, -0.2) is 47.6 Å². The van der Waals surface area contributed by atoms with Crippen LogP contribution in [0.3, 0.4) is 0 Å². The molecule has 0 heterocycles. The second-order valence-corrected chi connectivity index (χ2v) is 16.8. The van der Waals surface area contributed by atoms with Gasteiger partial charge in [0.1, 0.15) is 0 Å². The molecule has 0 spiro atoms. The zero-order valence-corrected chi connectivity index (χ0v) is 32.3. The molecule has 0 saturated heterocycles. The number of hydrogen-bond donors (Lipinski definition) is 2. The fraction of sp³-hybridized carbons (Fsp3) is 0.707. The highest BCUT2D eigenvalue weighted by atomic mass is 16.5. The molecule has 6 heteroatoms. The van der Waals surface area contributed by atoms with Gasteiger partial charge < -0.3 is 19.5 Å². The molecule has 0 fully saturated rings. The Balaban J connectivity index is 2.21. The van der Waals surface area contributed by atoms with Gasteiger partial charge in [0, 0.05) is 5.41 Å². The van der Waals surface area contributed by atoms with Gasteiger partial charge in [-0.2, -0.15) is 0 Å². The molecule has 0 aliphatic heterocycles. The first-order valence-electron chi connectivity index (χ1n) is 18.9. The largest absolute Gasteiger partial charge is 0.427 e. The second kappa shape index (κ2) is 16.0. The van der Waals surface area contributed by atoms with E-state index in [-0.39, 0.29) is 5.41 Å². The van der Waals surface area contributed by atoms with Gasteiger partial charge in [-0.15, -0.1) is 0 Å². The fourth-order valence-electron chi connectivity index (χ4n) is 7.05. The molecule has 2 unspecified atom stereocenters. The van der Waals surface area contributed by atoms with Crippen molar-refractivity contribution in [3.63, 3.8) is 0 Å². The summed E-state index contributed by atoms with van der Waals surface area (Å²) in [5.41, 5.74) is 4.56. The molecule has 1 aliphatic carbocycles. The summed E-state index contributed by atoms with van der Waals surface area (Å²) in [4.78, 5) is 0. The van der Waals surface area contributed by atoms with E-state index in [0.717, 1.165) is 23.8 Å². The van der Waals surface area contributed by atoms with E-state index in [2.05, 4.69) is 64.1 Å². The number of rotatable bonds is 20. The van der Waals surface area contributed by atoms with Crippen LogP contribution in [0.25, 0.3) is 11.1 Å². The molecule has 47 heavy (non-hydrogen) atoms. The topological polar surface area (TPSA) is 58.9 Å². The highest BCUT2D eigenvalue weighted by Gasteiger charge is 2.46. The molecule has 2 atom stereocenters. The first-order chi connectivity index (χ1) is 21.9. The van der Waals surface area contributed by atoms with Crippen molar-refractivity contribution in [1.29, 1.82) is 0 Å². The van der Waals surface area contributed by atoms with Gasteiger partial charge in [-0.25, -0.2) is 0 Å². The molecule has 0 aromatic heterocycles. The van der Waals surface area contributed by atoms with Gasteiger partial charge in [0.05, 0.1) is 22.4 Å². The first kappa shape index (κ1) is 39.8. The van der Waals surface area contributed by atoms with Crippen LogP contribution in [0.5, 0.6) is 0 Å². The summed E-state index contributed by atoms with van der Waals surface area (Å²) in [6.07, 6.45) is 12.2. The Morgan fingerprint density at radius 2 is 0.979 bits per heavy atom. The Kier molecular flexibility index (Phi) is 13.5. The van der Waals surface area contributed by atoms with Crippen molar-refractivity contribution in [2.75, 3.05) is 0 Å². The van der Waals surface area contributed by atoms with E-state index in [1.165, 1.54) is 73.6 Å². The van der Waals surface area contributed by atoms with Gasteiger partial charge in [-0.05, 0) is 102 Å². The quantitative estimate of drug-likeness (QED) is 0.142. The highest BCUT2D eigenvalue weighted by Crippen LogP contribution is 2.55. The summed E-state index contributed by atoms with van der Waals surface area (Å²) >= 11 is 0. The van der Waals surface area contributed by atoms with Crippen LogP contribution in [0.15, 0.2) is 36.4 Å². The number of unbranched alkanes of at least 4 members (excludes halogenated alkanes) is 2. The Bertz CT molecular complexity index is 1190. The van der Waals surface area contributed by atoms with Crippen LogP contribution in [-0.2, 0) is 14.7 Å². The maximum atomic E-state index is 10.8. The Hall–Kier alpha value is -1.59. The van der Waals surface area contributed by atoms with Crippen LogP contribution >= 0.6 is 0 Å². The predicted octanol–water partition coefficient (Wildman–Crippen LogP) is 8.25. The van der Waals surface area contributed by atoms with Gasteiger partial charge in [0.2, 0.25) is 0 Å². The number of hydrogen-bond acceptors (Lipinski definition) is 4. The third-order valence-corrected chi connectivity index (χ3v) is 12.0. The highest BCUT2D eigenvalue weighted by molar-refractivity contribution is 6.47. The van der Waals surface area contributed by atoms with Crippen LogP contribution < -0.4 is 10.9 Å². The second-order valence-electron chi connectivity index (χ2n) is 16.8. The van der Waals surface area contributed by atoms with Crippen molar-refractivity contribution in [2.24, 2.45) is 11.8 Å². The minimum Gasteiger partial charge on any atom is -0.427 e. The zero-order chi connectivity index (χ0) is 35.3. The van der Waals surface area contributed by atoms with E-state index < -0.39 is 22.4 Å². The predicted molar refractivity (Wildman–Crippen MR) is 205 cm³/mol. The summed E-state index contributed by atoms with van der Waals surface area (Å²) in [7, 11) is 0.920. The maximum absolute atomic E-state index is 10.8. The first-order valence-corrected chi connectivity index (χ1v) is 18.9. The fourth-order valence-corrected chi connectivity index (χ4v) is 7.05. The normalized spacial score (nSPS) is 16.0. The molecule has 0 saturated carbocycles. The summed E-state index contributed by atoms with van der Waals surface area (Å²) in [5.74, 6) is 1.28. The van der Waals surface area contributed by atoms with Crippen molar-refractivity contribution in [3.8, 4) is 11.1 Å². The van der Waals surface area contributed by atoms with E-state index in [0.29, 0.717) is 26.8 Å². The van der Waals surface area contributed by atoms with Crippen molar-refractivity contribution in [3.05, 3.63) is 47.5 Å². The Labute approximate surface area is 290 Å². The SMILES string of the molecule is CCCCC(CC)CC1(CC(CC)CCCC)c2cc(BOC(C)(C)C(C)(C)O)ccc2-c2ccc(BOC(C)(C)C(C)(C)O)cc21. The molecular formula is C41H68B2O4. The number of fused-ring (bicyclic) bond motifs is 3. The van der Waals surface area contributed by atoms with Crippen LogP contribution in [0, 0.1) is 11.8 Å². The summed E-state index contributed by atoms with van der Waals surface area (Å²) in [5, 5.41) is 21.6. The van der Waals surface area contributed by atoms with Crippen molar-refractivity contribution in [2.45, 2.75) is 175 Å². The molecule has 2 aromatic rings. The molecular weight excluding hydrogens is 578 g/mol. The van der Waals surface area contributed by atoms with Crippen LogP contribution in [0.1, 0.15) is 158 Å². The minimum absolute atomic E-state index is 0.100. The maximum Gasteiger partial charge on any atom is 0.309 e. The molecule has 1 aliphatic rings. The third-order valence-electron chi connectivity index (χ3n) is 12.0. The van der Waals surface area contributed by atoms with E-state index in [4.69, 9.17) is 9.31 Å². The molecule has 3 rings (SSSR count). The standard InChI is InChI=1S/C41H68B2O4/c1-13-17-19-29(15-3)27-41(28-30(16-4)20-18-14-2)35-25-31(42-46-39(9,10)37(5,6)44)21-23-33(35)34-24-22-32(26-36(34)41)43-47-40(11,12)38(7,8)45/h21-26,29-30,42-45H,13-20,27-28H2,1-12H3. The average molecular weight is 647 g/mol. The Morgan fingerprint density at radius 3 is 1.28 bits per heavy atom. The minimum atomic E-state index is -0.955. The van der Waals surface area contributed by atoms with E-state index in [1.54, 1.807) is 0 Å². The average Bonchev–Trinajstić information content (AvgIpc) is 3.26.